The molecule has 0 rings (SSSR count). The van der Waals surface area contributed by atoms with Crippen molar-refractivity contribution in [2.45, 2.75) is 37.7 Å². The zero-order valence-electron chi connectivity index (χ0n) is 8.12. The topological polar surface area (TPSA) is 26.0 Å². The van der Waals surface area contributed by atoms with Crippen LogP contribution >= 0.6 is 24.4 Å². The highest BCUT2D eigenvalue weighted by Gasteiger charge is 2.07. The van der Waals surface area contributed by atoms with Crippen LogP contribution in [0.2, 0.25) is 0 Å². The highest BCUT2D eigenvalue weighted by atomic mass is 32.2. The van der Waals surface area contributed by atoms with Crippen molar-refractivity contribution in [2.24, 2.45) is 11.7 Å². The fourth-order valence-electron chi connectivity index (χ4n) is 0.930. The van der Waals surface area contributed by atoms with Crippen molar-refractivity contribution in [1.29, 1.82) is 0 Å². The summed E-state index contributed by atoms with van der Waals surface area (Å²) < 4.78 is 0.510. The number of hydrogen-bond acceptors (Lipinski definition) is 3. The maximum Gasteiger partial charge on any atom is 0.0472 e. The van der Waals surface area contributed by atoms with Gasteiger partial charge in [-0.15, -0.1) is 11.8 Å². The van der Waals surface area contributed by atoms with Gasteiger partial charge in [0, 0.05) is 4.58 Å². The van der Waals surface area contributed by atoms with Gasteiger partial charge < -0.3 is 5.73 Å². The molecule has 0 aromatic heterocycles. The van der Waals surface area contributed by atoms with E-state index < -0.39 is 0 Å². The van der Waals surface area contributed by atoms with Crippen LogP contribution in [0, 0.1) is 5.92 Å². The van der Waals surface area contributed by atoms with E-state index >= 15 is 0 Å². The lowest BCUT2D eigenvalue weighted by Gasteiger charge is -2.14. The van der Waals surface area contributed by atoms with E-state index in [2.05, 4.69) is 26.5 Å². The van der Waals surface area contributed by atoms with Gasteiger partial charge in [-0.3, -0.25) is 0 Å². The van der Waals surface area contributed by atoms with Crippen LogP contribution in [0.3, 0.4) is 0 Å². The van der Waals surface area contributed by atoms with Crippen LogP contribution in [-0.4, -0.2) is 16.9 Å². The van der Waals surface area contributed by atoms with E-state index in [1.807, 2.05) is 11.8 Å². The summed E-state index contributed by atoms with van der Waals surface area (Å²) in [5.74, 6) is 1.85. The van der Waals surface area contributed by atoms with Crippen LogP contribution in [0.15, 0.2) is 0 Å². The molecule has 2 unspecified atom stereocenters. The first-order chi connectivity index (χ1) is 5.74. The van der Waals surface area contributed by atoms with Crippen molar-refractivity contribution in [2.75, 3.05) is 12.3 Å². The summed E-state index contributed by atoms with van der Waals surface area (Å²) in [4.78, 5) is 0. The van der Waals surface area contributed by atoms with Crippen LogP contribution in [0.1, 0.15) is 33.1 Å². The highest BCUT2D eigenvalue weighted by molar-refractivity contribution is 8.10. The average Bonchev–Trinajstić information content (AvgIpc) is 2.07. The van der Waals surface area contributed by atoms with Gasteiger partial charge in [-0.2, -0.15) is 12.6 Å². The second-order valence-electron chi connectivity index (χ2n) is 3.09. The van der Waals surface area contributed by atoms with Gasteiger partial charge in [-0.1, -0.05) is 26.7 Å². The van der Waals surface area contributed by atoms with Gasteiger partial charge in [0.2, 0.25) is 0 Å². The van der Waals surface area contributed by atoms with Crippen LogP contribution in [0.4, 0.5) is 0 Å². The van der Waals surface area contributed by atoms with Gasteiger partial charge in [0.1, 0.15) is 0 Å². The molecule has 12 heavy (non-hydrogen) atoms. The molecule has 0 fully saturated rings. The second-order valence-corrected chi connectivity index (χ2v) is 5.30. The first-order valence-electron chi connectivity index (χ1n) is 4.74. The average molecular weight is 207 g/mol. The monoisotopic (exact) mass is 207 g/mol. The van der Waals surface area contributed by atoms with Gasteiger partial charge in [0.25, 0.3) is 0 Å². The van der Waals surface area contributed by atoms with Crippen molar-refractivity contribution in [1.82, 2.24) is 0 Å². The molecule has 0 aliphatic rings. The fraction of sp³-hybridized carbons (Fsp3) is 1.00. The molecule has 0 radical (unpaired) electrons. The summed E-state index contributed by atoms with van der Waals surface area (Å²) in [5, 5.41) is 0. The predicted molar refractivity (Wildman–Crippen MR) is 63.0 cm³/mol. The Balaban J connectivity index is 3.37. The molecule has 74 valence electrons. The number of thiol groups is 1. The van der Waals surface area contributed by atoms with E-state index in [-0.39, 0.29) is 0 Å². The van der Waals surface area contributed by atoms with E-state index in [9.17, 15) is 0 Å². The Kier molecular flexibility index (Phi) is 8.72. The SMILES string of the molecule is CCCC(S)SCC(CC)CN. The molecule has 0 aliphatic carbocycles. The van der Waals surface area contributed by atoms with Gasteiger partial charge in [0.15, 0.2) is 0 Å². The Morgan fingerprint density at radius 2 is 2.08 bits per heavy atom. The molecule has 3 heteroatoms. The van der Waals surface area contributed by atoms with Crippen molar-refractivity contribution >= 4 is 24.4 Å². The third-order valence-electron chi connectivity index (χ3n) is 1.97. The first-order valence-corrected chi connectivity index (χ1v) is 6.30. The molecule has 0 amide bonds. The minimum Gasteiger partial charge on any atom is -0.330 e. The zero-order chi connectivity index (χ0) is 9.40. The molecule has 2 atom stereocenters. The number of hydrogen-bond donors (Lipinski definition) is 2. The minimum atomic E-state index is 0.510. The maximum atomic E-state index is 5.61. The summed E-state index contributed by atoms with van der Waals surface area (Å²) in [6, 6.07) is 0. The van der Waals surface area contributed by atoms with Gasteiger partial charge in [-0.05, 0) is 24.6 Å². The fourth-order valence-corrected chi connectivity index (χ4v) is 2.71. The van der Waals surface area contributed by atoms with Crippen molar-refractivity contribution < 1.29 is 0 Å². The van der Waals surface area contributed by atoms with Crippen LogP contribution in [-0.2, 0) is 0 Å². The second kappa shape index (κ2) is 8.27. The normalized spacial score (nSPS) is 16.0. The summed E-state index contributed by atoms with van der Waals surface area (Å²) in [6.07, 6.45) is 3.62. The van der Waals surface area contributed by atoms with E-state index in [0.717, 1.165) is 6.54 Å². The Hall–Kier alpha value is 0.660. The van der Waals surface area contributed by atoms with Crippen molar-refractivity contribution in [3.8, 4) is 0 Å². The van der Waals surface area contributed by atoms with E-state index in [1.54, 1.807) is 0 Å². The first kappa shape index (κ1) is 12.7. The lowest BCUT2D eigenvalue weighted by molar-refractivity contribution is 0.585. The largest absolute Gasteiger partial charge is 0.330 e. The molecular weight excluding hydrogens is 186 g/mol. The Morgan fingerprint density at radius 3 is 2.50 bits per heavy atom. The minimum absolute atomic E-state index is 0.510. The number of thioether (sulfide) groups is 1. The molecule has 1 nitrogen and oxygen atoms in total. The van der Waals surface area contributed by atoms with Crippen molar-refractivity contribution in [3.63, 3.8) is 0 Å². The highest BCUT2D eigenvalue weighted by Crippen LogP contribution is 2.22. The smallest absolute Gasteiger partial charge is 0.0472 e. The molecule has 0 aromatic rings. The lowest BCUT2D eigenvalue weighted by Crippen LogP contribution is -2.16. The summed E-state index contributed by atoms with van der Waals surface area (Å²) in [6.45, 7) is 5.21. The maximum absolute atomic E-state index is 5.61. The quantitative estimate of drug-likeness (QED) is 0.496. The van der Waals surface area contributed by atoms with Crippen LogP contribution in [0.25, 0.3) is 0 Å². The third-order valence-corrected chi connectivity index (χ3v) is 3.96. The summed E-state index contributed by atoms with van der Waals surface area (Å²) in [5.41, 5.74) is 5.61. The molecule has 0 saturated carbocycles. The van der Waals surface area contributed by atoms with Gasteiger partial charge in [0.05, 0.1) is 0 Å². The molecule has 0 bridgehead atoms. The Morgan fingerprint density at radius 1 is 1.42 bits per heavy atom. The Bertz CT molecular complexity index is 94.5. The van der Waals surface area contributed by atoms with Crippen LogP contribution < -0.4 is 5.73 Å². The van der Waals surface area contributed by atoms with Crippen LogP contribution in [0.5, 0.6) is 0 Å². The molecule has 0 heterocycles. The summed E-state index contributed by atoms with van der Waals surface area (Å²) in [7, 11) is 0. The van der Waals surface area contributed by atoms with E-state index in [1.165, 1.54) is 25.0 Å². The van der Waals surface area contributed by atoms with E-state index in [0.29, 0.717) is 10.5 Å². The van der Waals surface area contributed by atoms with Gasteiger partial charge in [-0.25, -0.2) is 0 Å². The molecular formula is C9H21NS2. The number of nitrogens with two attached hydrogens (primary N) is 1. The van der Waals surface area contributed by atoms with E-state index in [4.69, 9.17) is 5.73 Å². The lowest BCUT2D eigenvalue weighted by atomic mass is 10.1. The zero-order valence-corrected chi connectivity index (χ0v) is 9.83. The molecule has 0 saturated heterocycles. The Labute approximate surface area is 86.3 Å². The molecule has 0 aromatic carbocycles. The summed E-state index contributed by atoms with van der Waals surface area (Å²) >= 11 is 6.43. The predicted octanol–water partition coefficient (Wildman–Crippen LogP) is 2.76. The molecule has 0 spiro atoms. The standard InChI is InChI=1S/C9H21NS2/c1-3-5-9(11)12-7-8(4-2)6-10/h8-9,11H,3-7,10H2,1-2H3. The molecule has 2 N–H and O–H groups in total. The third kappa shape index (κ3) is 6.21. The molecule has 0 aliphatic heterocycles. The van der Waals surface area contributed by atoms with Crippen molar-refractivity contribution in [3.05, 3.63) is 0 Å². The van der Waals surface area contributed by atoms with Gasteiger partial charge >= 0.3 is 0 Å². The number of rotatable bonds is 7.